The van der Waals surface area contributed by atoms with Crippen LogP contribution in [0.2, 0.25) is 0 Å². The number of carbonyl (C=O) groups is 2. The van der Waals surface area contributed by atoms with Crippen LogP contribution in [0.25, 0.3) is 0 Å². The van der Waals surface area contributed by atoms with Crippen molar-refractivity contribution in [3.8, 4) is 0 Å². The molecule has 2 N–H and O–H groups in total. The van der Waals surface area contributed by atoms with Crippen LogP contribution in [-0.2, 0) is 9.59 Å². The van der Waals surface area contributed by atoms with E-state index in [1.165, 1.54) is 18.9 Å². The minimum absolute atomic E-state index is 0.142. The number of amides is 1. The van der Waals surface area contributed by atoms with Gasteiger partial charge in [0.25, 0.3) is 0 Å². The van der Waals surface area contributed by atoms with Crippen LogP contribution in [-0.4, -0.2) is 72.6 Å². The second-order valence-corrected chi connectivity index (χ2v) is 4.05. The third-order valence-electron chi connectivity index (χ3n) is 2.90. The number of carboxylic acids is 1. The van der Waals surface area contributed by atoms with Crippen LogP contribution in [0.3, 0.4) is 0 Å². The maximum absolute atomic E-state index is 11.8. The predicted octanol–water partition coefficient (Wildman–Crippen LogP) is -1.18. The first-order valence-electron chi connectivity index (χ1n) is 5.44. The molecule has 1 aliphatic heterocycles. The summed E-state index contributed by atoms with van der Waals surface area (Å²) in [4.78, 5) is 25.8. The number of hydrogen-bond donors (Lipinski definition) is 2. The number of aliphatic carboxylic acids is 1. The predicted molar refractivity (Wildman–Crippen MR) is 59.2 cm³/mol. The normalized spacial score (nSPS) is 19.1. The summed E-state index contributed by atoms with van der Waals surface area (Å²) in [5, 5.41) is 12.0. The van der Waals surface area contributed by atoms with Gasteiger partial charge in [0.15, 0.2) is 0 Å². The van der Waals surface area contributed by atoms with Crippen molar-refractivity contribution in [2.45, 2.75) is 13.0 Å². The average Bonchev–Trinajstić information content (AvgIpc) is 2.28. The monoisotopic (exact) mass is 229 g/mol. The third kappa shape index (κ3) is 3.46. The number of carboxylic acid groups (broad SMARTS) is 1. The van der Waals surface area contributed by atoms with Gasteiger partial charge in [-0.1, -0.05) is 0 Å². The molecule has 0 spiro atoms. The van der Waals surface area contributed by atoms with Gasteiger partial charge in [0.2, 0.25) is 5.91 Å². The maximum atomic E-state index is 11.8. The summed E-state index contributed by atoms with van der Waals surface area (Å²) < 4.78 is 0. The Hall–Kier alpha value is -1.14. The quantitative estimate of drug-likeness (QED) is 0.635. The van der Waals surface area contributed by atoms with Crippen LogP contribution in [0, 0.1) is 0 Å². The van der Waals surface area contributed by atoms with Gasteiger partial charge in [-0.2, -0.15) is 0 Å². The van der Waals surface area contributed by atoms with Crippen molar-refractivity contribution in [2.24, 2.45) is 0 Å². The summed E-state index contributed by atoms with van der Waals surface area (Å²) in [6, 6.07) is -0.768. The second-order valence-electron chi connectivity index (χ2n) is 4.05. The van der Waals surface area contributed by atoms with Crippen molar-refractivity contribution < 1.29 is 14.7 Å². The molecule has 0 aromatic rings. The molecule has 6 nitrogen and oxygen atoms in total. The van der Waals surface area contributed by atoms with Gasteiger partial charge in [0, 0.05) is 33.2 Å². The Bertz CT molecular complexity index is 264. The van der Waals surface area contributed by atoms with Gasteiger partial charge in [-0.15, -0.1) is 0 Å². The Balaban J connectivity index is 2.41. The van der Waals surface area contributed by atoms with E-state index >= 15 is 0 Å². The highest BCUT2D eigenvalue weighted by atomic mass is 16.4. The molecule has 1 atom stereocenters. The van der Waals surface area contributed by atoms with Crippen LogP contribution < -0.4 is 5.32 Å². The Morgan fingerprint density at radius 2 is 2.00 bits per heavy atom. The molecule has 0 aromatic carbocycles. The lowest BCUT2D eigenvalue weighted by atomic mass is 10.3. The van der Waals surface area contributed by atoms with E-state index < -0.39 is 12.0 Å². The molecule has 0 bridgehead atoms. The smallest absolute Gasteiger partial charge is 0.326 e. The summed E-state index contributed by atoms with van der Waals surface area (Å²) in [6.45, 7) is 5.24. The third-order valence-corrected chi connectivity index (χ3v) is 2.90. The van der Waals surface area contributed by atoms with Gasteiger partial charge in [-0.05, 0) is 6.92 Å². The second kappa shape index (κ2) is 5.81. The number of likely N-dealkylation sites (N-methyl/N-ethyl adjacent to an activating group) is 1. The SMILES string of the molecule is CC(C(=O)O)N(C)C(=O)CN1CCNCC1. The molecule has 1 heterocycles. The Morgan fingerprint density at radius 1 is 1.44 bits per heavy atom. The van der Waals surface area contributed by atoms with Crippen LogP contribution in [0.5, 0.6) is 0 Å². The first-order valence-corrected chi connectivity index (χ1v) is 5.44. The van der Waals surface area contributed by atoms with Crippen molar-refractivity contribution in [3.05, 3.63) is 0 Å². The van der Waals surface area contributed by atoms with E-state index in [4.69, 9.17) is 5.11 Å². The van der Waals surface area contributed by atoms with Crippen molar-refractivity contribution in [1.82, 2.24) is 15.1 Å². The fourth-order valence-electron chi connectivity index (χ4n) is 1.55. The Morgan fingerprint density at radius 3 is 2.50 bits per heavy atom. The van der Waals surface area contributed by atoms with Gasteiger partial charge < -0.3 is 15.3 Å². The Kier molecular flexibility index (Phi) is 4.70. The fraction of sp³-hybridized carbons (Fsp3) is 0.800. The van der Waals surface area contributed by atoms with E-state index in [1.54, 1.807) is 0 Å². The van der Waals surface area contributed by atoms with Crippen LogP contribution in [0.15, 0.2) is 0 Å². The van der Waals surface area contributed by atoms with Crippen molar-refractivity contribution in [2.75, 3.05) is 39.8 Å². The van der Waals surface area contributed by atoms with Crippen molar-refractivity contribution >= 4 is 11.9 Å². The molecule has 1 fully saturated rings. The molecular formula is C10H19N3O3. The summed E-state index contributed by atoms with van der Waals surface area (Å²) >= 11 is 0. The molecule has 6 heteroatoms. The molecule has 0 aliphatic carbocycles. The highest BCUT2D eigenvalue weighted by molar-refractivity contribution is 5.84. The number of rotatable bonds is 4. The molecule has 16 heavy (non-hydrogen) atoms. The molecule has 0 aromatic heterocycles. The molecular weight excluding hydrogens is 210 g/mol. The number of carbonyl (C=O) groups excluding carboxylic acids is 1. The lowest BCUT2D eigenvalue weighted by Gasteiger charge is -2.29. The number of piperazine rings is 1. The molecule has 1 saturated heterocycles. The molecule has 92 valence electrons. The minimum Gasteiger partial charge on any atom is -0.480 e. The Labute approximate surface area is 95.2 Å². The number of nitrogens with zero attached hydrogens (tertiary/aromatic N) is 2. The molecule has 0 radical (unpaired) electrons. The molecule has 1 aliphatic rings. The highest BCUT2D eigenvalue weighted by Crippen LogP contribution is 1.99. The van der Waals surface area contributed by atoms with Crippen LogP contribution in [0.4, 0.5) is 0 Å². The summed E-state index contributed by atoms with van der Waals surface area (Å²) in [6.07, 6.45) is 0. The van der Waals surface area contributed by atoms with Gasteiger partial charge in [0.05, 0.1) is 6.54 Å². The standard InChI is InChI=1S/C10H19N3O3/c1-8(10(15)16)12(2)9(14)7-13-5-3-11-4-6-13/h8,11H,3-7H2,1-2H3,(H,15,16). The average molecular weight is 229 g/mol. The fourth-order valence-corrected chi connectivity index (χ4v) is 1.55. The van der Waals surface area contributed by atoms with Crippen molar-refractivity contribution in [3.63, 3.8) is 0 Å². The zero-order valence-electron chi connectivity index (χ0n) is 9.77. The van der Waals surface area contributed by atoms with E-state index in [9.17, 15) is 9.59 Å². The molecule has 1 amide bonds. The van der Waals surface area contributed by atoms with Gasteiger partial charge >= 0.3 is 5.97 Å². The molecule has 1 rings (SSSR count). The summed E-state index contributed by atoms with van der Waals surface area (Å²) in [5.41, 5.74) is 0. The van der Waals surface area contributed by atoms with E-state index in [2.05, 4.69) is 5.32 Å². The van der Waals surface area contributed by atoms with Gasteiger partial charge in [0.1, 0.15) is 6.04 Å². The first-order chi connectivity index (χ1) is 7.52. The van der Waals surface area contributed by atoms with Crippen molar-refractivity contribution in [1.29, 1.82) is 0 Å². The zero-order chi connectivity index (χ0) is 12.1. The van der Waals surface area contributed by atoms with E-state index in [1.807, 2.05) is 4.90 Å². The minimum atomic E-state index is -0.976. The lowest BCUT2D eigenvalue weighted by molar-refractivity contribution is -0.148. The summed E-state index contributed by atoms with van der Waals surface area (Å²) in [5.74, 6) is -1.12. The van der Waals surface area contributed by atoms with E-state index in [0.717, 1.165) is 26.2 Å². The lowest BCUT2D eigenvalue weighted by Crippen LogP contribution is -2.50. The largest absolute Gasteiger partial charge is 0.480 e. The molecule has 1 unspecified atom stereocenters. The number of nitrogens with one attached hydrogen (secondary N) is 1. The van der Waals surface area contributed by atoms with Crippen LogP contribution in [0.1, 0.15) is 6.92 Å². The first kappa shape index (κ1) is 12.9. The van der Waals surface area contributed by atoms with Crippen LogP contribution >= 0.6 is 0 Å². The maximum Gasteiger partial charge on any atom is 0.326 e. The molecule has 0 saturated carbocycles. The summed E-state index contributed by atoms with van der Waals surface area (Å²) in [7, 11) is 1.53. The van der Waals surface area contributed by atoms with Gasteiger partial charge in [-0.3, -0.25) is 9.69 Å². The topological polar surface area (TPSA) is 72.9 Å². The van der Waals surface area contributed by atoms with Gasteiger partial charge in [-0.25, -0.2) is 4.79 Å². The number of hydrogen-bond acceptors (Lipinski definition) is 4. The van der Waals surface area contributed by atoms with E-state index in [-0.39, 0.29) is 5.91 Å². The zero-order valence-corrected chi connectivity index (χ0v) is 9.77. The highest BCUT2D eigenvalue weighted by Gasteiger charge is 2.23. The van der Waals surface area contributed by atoms with E-state index in [0.29, 0.717) is 6.54 Å².